The molecule has 0 aliphatic carbocycles. The van der Waals surface area contributed by atoms with Crippen molar-refractivity contribution in [1.29, 1.82) is 0 Å². The molecular weight excluding hydrogens is 262 g/mol. The molecule has 0 aliphatic heterocycles. The van der Waals surface area contributed by atoms with E-state index in [4.69, 9.17) is 16.0 Å². The fraction of sp³-hybridized carbons (Fsp3) is 0. The van der Waals surface area contributed by atoms with Crippen molar-refractivity contribution in [2.75, 3.05) is 5.32 Å². The van der Waals surface area contributed by atoms with Gasteiger partial charge in [0.2, 0.25) is 0 Å². The first-order valence-electron chi connectivity index (χ1n) is 5.77. The zero-order valence-electron chi connectivity index (χ0n) is 9.89. The van der Waals surface area contributed by atoms with Gasteiger partial charge in [-0.05, 0) is 48.5 Å². The van der Waals surface area contributed by atoms with Crippen LogP contribution in [0, 0.1) is 0 Å². The van der Waals surface area contributed by atoms with Crippen LogP contribution in [0.1, 0.15) is 0 Å². The van der Waals surface area contributed by atoms with Crippen LogP contribution >= 0.6 is 11.6 Å². The predicted octanol–water partition coefficient (Wildman–Crippen LogP) is 4.19. The van der Waals surface area contributed by atoms with Crippen LogP contribution in [0.25, 0.3) is 11.0 Å². The molecule has 1 N–H and O–H groups in total. The average molecular weight is 272 g/mol. The Kier molecular flexibility index (Phi) is 2.97. The van der Waals surface area contributed by atoms with Crippen molar-refractivity contribution in [3.05, 3.63) is 70.0 Å². The fourth-order valence-electron chi connectivity index (χ4n) is 1.85. The Morgan fingerprint density at radius 3 is 2.42 bits per heavy atom. The number of nitrogens with one attached hydrogen (secondary N) is 1. The summed E-state index contributed by atoms with van der Waals surface area (Å²) in [6.07, 6.45) is 0. The van der Waals surface area contributed by atoms with Gasteiger partial charge in [-0.1, -0.05) is 11.6 Å². The third-order valence-corrected chi connectivity index (χ3v) is 3.00. The summed E-state index contributed by atoms with van der Waals surface area (Å²) in [5.74, 6) is 0. The third-order valence-electron chi connectivity index (χ3n) is 2.75. The van der Waals surface area contributed by atoms with Gasteiger partial charge in [-0.3, -0.25) is 0 Å². The van der Waals surface area contributed by atoms with E-state index in [0.29, 0.717) is 10.6 Å². The topological polar surface area (TPSA) is 42.2 Å². The van der Waals surface area contributed by atoms with Crippen molar-refractivity contribution in [3.63, 3.8) is 0 Å². The van der Waals surface area contributed by atoms with Crippen LogP contribution < -0.4 is 10.9 Å². The largest absolute Gasteiger partial charge is 0.423 e. The first-order chi connectivity index (χ1) is 9.20. The average Bonchev–Trinajstić information content (AvgIpc) is 2.42. The summed E-state index contributed by atoms with van der Waals surface area (Å²) in [5, 5.41) is 4.83. The molecule has 0 amide bonds. The lowest BCUT2D eigenvalue weighted by Gasteiger charge is -2.07. The summed E-state index contributed by atoms with van der Waals surface area (Å²) < 4.78 is 5.08. The molecule has 0 radical (unpaired) electrons. The van der Waals surface area contributed by atoms with Crippen LogP contribution in [0.5, 0.6) is 0 Å². The second-order valence-corrected chi connectivity index (χ2v) is 4.58. The van der Waals surface area contributed by atoms with Crippen LogP contribution in [0.15, 0.2) is 63.8 Å². The molecule has 2 aromatic carbocycles. The summed E-state index contributed by atoms with van der Waals surface area (Å²) in [5.41, 5.74) is 2.10. The highest BCUT2D eigenvalue weighted by Gasteiger charge is 2.00. The minimum atomic E-state index is -0.342. The Morgan fingerprint density at radius 1 is 0.895 bits per heavy atom. The van der Waals surface area contributed by atoms with Gasteiger partial charge in [0.1, 0.15) is 5.58 Å². The maximum atomic E-state index is 11.1. The molecular formula is C15H10ClNO2. The molecule has 0 saturated carbocycles. The summed E-state index contributed by atoms with van der Waals surface area (Å²) in [4.78, 5) is 11.1. The van der Waals surface area contributed by atoms with Gasteiger partial charge in [0.25, 0.3) is 0 Å². The van der Waals surface area contributed by atoms with Crippen LogP contribution in [0.2, 0.25) is 5.02 Å². The smallest absolute Gasteiger partial charge is 0.336 e. The van der Waals surface area contributed by atoms with Crippen LogP contribution in [0.4, 0.5) is 11.4 Å². The van der Waals surface area contributed by atoms with E-state index in [1.54, 1.807) is 12.1 Å². The van der Waals surface area contributed by atoms with E-state index in [1.807, 2.05) is 36.4 Å². The van der Waals surface area contributed by atoms with Crippen LogP contribution in [-0.4, -0.2) is 0 Å². The number of anilines is 2. The zero-order valence-corrected chi connectivity index (χ0v) is 10.6. The second-order valence-electron chi connectivity index (χ2n) is 4.14. The molecule has 94 valence electrons. The van der Waals surface area contributed by atoms with Crippen molar-refractivity contribution in [1.82, 2.24) is 0 Å². The number of halogens is 1. The van der Waals surface area contributed by atoms with Crippen LogP contribution in [0.3, 0.4) is 0 Å². The van der Waals surface area contributed by atoms with Crippen molar-refractivity contribution >= 4 is 33.9 Å². The summed E-state index contributed by atoms with van der Waals surface area (Å²) >= 11 is 5.84. The lowest BCUT2D eigenvalue weighted by atomic mass is 10.2. The minimum Gasteiger partial charge on any atom is -0.423 e. The van der Waals surface area contributed by atoms with Gasteiger partial charge >= 0.3 is 5.63 Å². The van der Waals surface area contributed by atoms with Gasteiger partial charge in [-0.25, -0.2) is 4.79 Å². The number of hydrogen-bond donors (Lipinski definition) is 1. The van der Waals surface area contributed by atoms with Crippen molar-refractivity contribution in [3.8, 4) is 0 Å². The minimum absolute atomic E-state index is 0.342. The van der Waals surface area contributed by atoms with Gasteiger partial charge in [-0.15, -0.1) is 0 Å². The lowest BCUT2D eigenvalue weighted by molar-refractivity contribution is 0.561. The number of benzene rings is 2. The number of hydrogen-bond acceptors (Lipinski definition) is 3. The van der Waals surface area contributed by atoms with Gasteiger partial charge in [-0.2, -0.15) is 0 Å². The van der Waals surface area contributed by atoms with Crippen LogP contribution in [-0.2, 0) is 0 Å². The number of fused-ring (bicyclic) bond motifs is 1. The molecule has 0 unspecified atom stereocenters. The lowest BCUT2D eigenvalue weighted by Crippen LogP contribution is -1.95. The summed E-state index contributed by atoms with van der Waals surface area (Å²) in [6, 6.07) is 16.2. The summed E-state index contributed by atoms with van der Waals surface area (Å²) in [7, 11) is 0. The molecule has 3 aromatic rings. The molecule has 1 aromatic heterocycles. The molecule has 3 rings (SSSR count). The molecule has 19 heavy (non-hydrogen) atoms. The Hall–Kier alpha value is -2.26. The standard InChI is InChI=1S/C15H10ClNO2/c16-11-2-4-12(5-3-11)17-13-6-7-14-10(9-13)1-8-15(18)19-14/h1-9,17H. The number of rotatable bonds is 2. The highest BCUT2D eigenvalue weighted by Crippen LogP contribution is 2.22. The summed E-state index contributed by atoms with van der Waals surface area (Å²) in [6.45, 7) is 0. The predicted molar refractivity (Wildman–Crippen MR) is 77.2 cm³/mol. The Morgan fingerprint density at radius 2 is 1.63 bits per heavy atom. The van der Waals surface area contributed by atoms with E-state index in [1.165, 1.54) is 6.07 Å². The Bertz CT molecular complexity index is 778. The maximum Gasteiger partial charge on any atom is 0.336 e. The van der Waals surface area contributed by atoms with Gasteiger partial charge in [0.05, 0.1) is 0 Å². The van der Waals surface area contributed by atoms with E-state index >= 15 is 0 Å². The SMILES string of the molecule is O=c1ccc2cc(Nc3ccc(Cl)cc3)ccc2o1. The van der Waals surface area contributed by atoms with E-state index in [9.17, 15) is 4.79 Å². The molecule has 0 spiro atoms. The zero-order chi connectivity index (χ0) is 13.2. The molecule has 4 heteroatoms. The molecule has 3 nitrogen and oxygen atoms in total. The van der Waals surface area contributed by atoms with E-state index in [2.05, 4.69) is 5.32 Å². The molecule has 0 aliphatic rings. The molecule has 0 atom stereocenters. The van der Waals surface area contributed by atoms with Crippen molar-refractivity contribution in [2.24, 2.45) is 0 Å². The van der Waals surface area contributed by atoms with Gasteiger partial charge < -0.3 is 9.73 Å². The quantitative estimate of drug-likeness (QED) is 0.711. The van der Waals surface area contributed by atoms with Gasteiger partial charge in [0, 0.05) is 27.8 Å². The third kappa shape index (κ3) is 2.61. The molecule has 0 bridgehead atoms. The molecule has 0 saturated heterocycles. The molecule has 1 heterocycles. The van der Waals surface area contributed by atoms with E-state index in [-0.39, 0.29) is 5.63 Å². The Labute approximate surface area is 114 Å². The highest BCUT2D eigenvalue weighted by atomic mass is 35.5. The normalized spacial score (nSPS) is 10.6. The monoisotopic (exact) mass is 271 g/mol. The maximum absolute atomic E-state index is 11.1. The first kappa shape index (κ1) is 11.8. The first-order valence-corrected chi connectivity index (χ1v) is 6.15. The second kappa shape index (κ2) is 4.78. The van der Waals surface area contributed by atoms with Crippen molar-refractivity contribution in [2.45, 2.75) is 0 Å². The van der Waals surface area contributed by atoms with Gasteiger partial charge in [0.15, 0.2) is 0 Å². The molecule has 0 fully saturated rings. The fourth-order valence-corrected chi connectivity index (χ4v) is 1.98. The van der Waals surface area contributed by atoms with E-state index < -0.39 is 0 Å². The van der Waals surface area contributed by atoms with Crippen molar-refractivity contribution < 1.29 is 4.42 Å². The Balaban J connectivity index is 1.95. The van der Waals surface area contributed by atoms with E-state index in [0.717, 1.165) is 16.8 Å². The highest BCUT2D eigenvalue weighted by molar-refractivity contribution is 6.30.